The molecule has 3 rings (SSSR count). The van der Waals surface area contributed by atoms with Crippen molar-refractivity contribution in [2.45, 2.75) is 19.8 Å². The SMILES string of the molecule is CC(C)c1cnn2c(Cl)cc(-c3ccc(Br)cn3)nc12. The van der Waals surface area contributed by atoms with E-state index in [2.05, 4.69) is 44.8 Å². The van der Waals surface area contributed by atoms with Gasteiger partial charge >= 0.3 is 0 Å². The number of halogens is 2. The highest BCUT2D eigenvalue weighted by Gasteiger charge is 2.14. The van der Waals surface area contributed by atoms with E-state index < -0.39 is 0 Å². The molecule has 4 nitrogen and oxygen atoms in total. The van der Waals surface area contributed by atoms with Crippen LogP contribution in [0, 0.1) is 0 Å². The van der Waals surface area contributed by atoms with Crippen molar-refractivity contribution in [2.24, 2.45) is 0 Å². The topological polar surface area (TPSA) is 43.1 Å². The molecule has 0 spiro atoms. The van der Waals surface area contributed by atoms with Gasteiger partial charge in [-0.15, -0.1) is 0 Å². The van der Waals surface area contributed by atoms with E-state index in [9.17, 15) is 0 Å². The standard InChI is InChI=1S/C14H12BrClN4/c1-8(2)10-7-18-20-13(16)5-12(19-14(10)20)11-4-3-9(15)6-17-11/h3-8H,1-2H3. The molecule has 0 unspecified atom stereocenters. The zero-order valence-corrected chi connectivity index (χ0v) is 13.4. The smallest absolute Gasteiger partial charge is 0.160 e. The summed E-state index contributed by atoms with van der Waals surface area (Å²) in [6.07, 6.45) is 3.56. The normalized spacial score (nSPS) is 11.4. The molecule has 0 aliphatic rings. The van der Waals surface area contributed by atoms with Crippen molar-refractivity contribution in [1.29, 1.82) is 0 Å². The molecular formula is C14H12BrClN4. The lowest BCUT2D eigenvalue weighted by Crippen LogP contribution is -1.97. The van der Waals surface area contributed by atoms with Crippen molar-refractivity contribution in [1.82, 2.24) is 19.6 Å². The van der Waals surface area contributed by atoms with Crippen LogP contribution in [-0.2, 0) is 0 Å². The average Bonchev–Trinajstić information content (AvgIpc) is 2.84. The average molecular weight is 352 g/mol. The minimum absolute atomic E-state index is 0.337. The molecule has 0 saturated heterocycles. The third-order valence-corrected chi connectivity index (χ3v) is 3.81. The third-order valence-electron chi connectivity index (χ3n) is 3.07. The van der Waals surface area contributed by atoms with Crippen molar-refractivity contribution in [3.05, 3.63) is 45.8 Å². The molecule has 0 aromatic carbocycles. The molecule has 0 atom stereocenters. The Bertz CT molecular complexity index is 765. The first-order chi connectivity index (χ1) is 9.56. The van der Waals surface area contributed by atoms with Gasteiger partial charge in [0.1, 0.15) is 5.15 Å². The number of nitrogens with zero attached hydrogens (tertiary/aromatic N) is 4. The fraction of sp³-hybridized carbons (Fsp3) is 0.214. The van der Waals surface area contributed by atoms with Gasteiger partial charge in [-0.1, -0.05) is 25.4 Å². The lowest BCUT2D eigenvalue weighted by Gasteiger charge is -2.06. The Morgan fingerprint density at radius 3 is 2.65 bits per heavy atom. The second kappa shape index (κ2) is 5.14. The van der Waals surface area contributed by atoms with E-state index in [4.69, 9.17) is 11.6 Å². The van der Waals surface area contributed by atoms with Crippen LogP contribution in [0.25, 0.3) is 17.0 Å². The Morgan fingerprint density at radius 2 is 2.00 bits per heavy atom. The molecule has 0 bridgehead atoms. The third kappa shape index (κ3) is 2.31. The molecule has 0 amide bonds. The molecule has 0 aliphatic carbocycles. The van der Waals surface area contributed by atoms with Crippen LogP contribution in [0.3, 0.4) is 0 Å². The quantitative estimate of drug-likeness (QED) is 0.645. The summed E-state index contributed by atoms with van der Waals surface area (Å²) in [6.45, 7) is 4.22. The molecule has 0 radical (unpaired) electrons. The number of rotatable bonds is 2. The summed E-state index contributed by atoms with van der Waals surface area (Å²) in [6, 6.07) is 5.62. The largest absolute Gasteiger partial charge is 0.253 e. The van der Waals surface area contributed by atoms with Crippen molar-refractivity contribution in [3.8, 4) is 11.4 Å². The van der Waals surface area contributed by atoms with E-state index in [1.807, 2.05) is 18.3 Å². The van der Waals surface area contributed by atoms with Gasteiger partial charge in [-0.3, -0.25) is 4.98 Å². The summed E-state index contributed by atoms with van der Waals surface area (Å²) in [5.74, 6) is 0.337. The Labute approximate surface area is 129 Å². The van der Waals surface area contributed by atoms with Crippen molar-refractivity contribution >= 4 is 33.2 Å². The maximum Gasteiger partial charge on any atom is 0.160 e. The fourth-order valence-electron chi connectivity index (χ4n) is 2.01. The van der Waals surface area contributed by atoms with Crippen LogP contribution >= 0.6 is 27.5 Å². The number of pyridine rings is 1. The molecule has 3 aromatic rings. The van der Waals surface area contributed by atoms with E-state index in [-0.39, 0.29) is 0 Å². The van der Waals surface area contributed by atoms with Gasteiger partial charge in [-0.05, 0) is 34.0 Å². The van der Waals surface area contributed by atoms with Gasteiger partial charge in [0.15, 0.2) is 5.65 Å². The Kier molecular flexibility index (Phi) is 3.48. The van der Waals surface area contributed by atoms with Gasteiger partial charge in [0.25, 0.3) is 0 Å². The minimum atomic E-state index is 0.337. The van der Waals surface area contributed by atoms with E-state index >= 15 is 0 Å². The molecular weight excluding hydrogens is 340 g/mol. The molecule has 3 aromatic heterocycles. The molecule has 6 heteroatoms. The Morgan fingerprint density at radius 1 is 1.20 bits per heavy atom. The highest BCUT2D eigenvalue weighted by molar-refractivity contribution is 9.10. The number of hydrogen-bond acceptors (Lipinski definition) is 3. The minimum Gasteiger partial charge on any atom is -0.253 e. The monoisotopic (exact) mass is 350 g/mol. The summed E-state index contributed by atoms with van der Waals surface area (Å²) in [7, 11) is 0. The molecule has 0 aliphatic heterocycles. The summed E-state index contributed by atoms with van der Waals surface area (Å²) in [5.41, 5.74) is 3.39. The summed E-state index contributed by atoms with van der Waals surface area (Å²) >= 11 is 9.66. The van der Waals surface area contributed by atoms with Crippen LogP contribution in [-0.4, -0.2) is 19.6 Å². The van der Waals surface area contributed by atoms with E-state index in [1.165, 1.54) is 0 Å². The maximum absolute atomic E-state index is 6.28. The van der Waals surface area contributed by atoms with Crippen LogP contribution in [0.5, 0.6) is 0 Å². The zero-order chi connectivity index (χ0) is 14.3. The number of hydrogen-bond donors (Lipinski definition) is 0. The Balaban J connectivity index is 2.22. The highest BCUT2D eigenvalue weighted by atomic mass is 79.9. The van der Waals surface area contributed by atoms with E-state index in [0.29, 0.717) is 11.1 Å². The van der Waals surface area contributed by atoms with E-state index in [1.54, 1.807) is 16.8 Å². The van der Waals surface area contributed by atoms with Crippen LogP contribution in [0.4, 0.5) is 0 Å². The van der Waals surface area contributed by atoms with Crippen LogP contribution in [0.1, 0.15) is 25.3 Å². The molecule has 102 valence electrons. The molecule has 0 saturated carbocycles. The van der Waals surface area contributed by atoms with Gasteiger partial charge in [0, 0.05) is 22.3 Å². The van der Waals surface area contributed by atoms with Crippen molar-refractivity contribution in [2.75, 3.05) is 0 Å². The first kappa shape index (κ1) is 13.5. The van der Waals surface area contributed by atoms with Crippen molar-refractivity contribution in [3.63, 3.8) is 0 Å². The lowest BCUT2D eigenvalue weighted by atomic mass is 10.1. The van der Waals surface area contributed by atoms with Crippen LogP contribution in [0.15, 0.2) is 35.1 Å². The summed E-state index contributed by atoms with van der Waals surface area (Å²) in [5, 5.41) is 4.81. The van der Waals surface area contributed by atoms with Crippen LogP contribution in [0.2, 0.25) is 5.15 Å². The van der Waals surface area contributed by atoms with Gasteiger partial charge in [-0.2, -0.15) is 5.10 Å². The fourth-order valence-corrected chi connectivity index (χ4v) is 2.47. The predicted octanol–water partition coefficient (Wildman–Crippen LogP) is 4.33. The lowest BCUT2D eigenvalue weighted by molar-refractivity contribution is 0.872. The van der Waals surface area contributed by atoms with Gasteiger partial charge in [-0.25, -0.2) is 9.50 Å². The molecule has 0 N–H and O–H groups in total. The first-order valence-corrected chi connectivity index (χ1v) is 7.39. The molecule has 3 heterocycles. The number of aromatic nitrogens is 4. The summed E-state index contributed by atoms with van der Waals surface area (Å²) < 4.78 is 2.58. The number of fused-ring (bicyclic) bond motifs is 1. The van der Waals surface area contributed by atoms with E-state index in [0.717, 1.165) is 27.1 Å². The molecule has 0 fully saturated rings. The Hall–Kier alpha value is -1.46. The zero-order valence-electron chi connectivity index (χ0n) is 11.0. The van der Waals surface area contributed by atoms with Crippen molar-refractivity contribution < 1.29 is 0 Å². The maximum atomic E-state index is 6.28. The van der Waals surface area contributed by atoms with Gasteiger partial charge < -0.3 is 0 Å². The second-order valence-electron chi connectivity index (χ2n) is 4.82. The second-order valence-corrected chi connectivity index (χ2v) is 6.12. The van der Waals surface area contributed by atoms with Gasteiger partial charge in [0.05, 0.1) is 17.6 Å². The molecule has 20 heavy (non-hydrogen) atoms. The predicted molar refractivity (Wildman–Crippen MR) is 83.0 cm³/mol. The first-order valence-electron chi connectivity index (χ1n) is 6.22. The summed E-state index contributed by atoms with van der Waals surface area (Å²) in [4.78, 5) is 9.01. The van der Waals surface area contributed by atoms with Crippen LogP contribution < -0.4 is 0 Å². The highest BCUT2D eigenvalue weighted by Crippen LogP contribution is 2.26. The van der Waals surface area contributed by atoms with Gasteiger partial charge in [0.2, 0.25) is 0 Å².